The Balaban J connectivity index is 0.00000272. The Morgan fingerprint density at radius 3 is 2.39 bits per heavy atom. The van der Waals surface area contributed by atoms with E-state index in [1.54, 1.807) is 0 Å². The molecule has 0 saturated carbocycles. The van der Waals surface area contributed by atoms with Gasteiger partial charge < -0.3 is 10.2 Å². The molecule has 7 nitrogen and oxygen atoms in total. The van der Waals surface area contributed by atoms with Crippen molar-refractivity contribution >= 4 is 36.7 Å². The monoisotopic (exact) mass is 449 g/mol. The lowest BCUT2D eigenvalue weighted by atomic mass is 10.1. The van der Waals surface area contributed by atoms with Gasteiger partial charge >= 0.3 is 6.18 Å². The fourth-order valence-electron chi connectivity index (χ4n) is 3.30. The van der Waals surface area contributed by atoms with Gasteiger partial charge in [-0.15, -0.1) is 0 Å². The molecule has 0 spiro atoms. The van der Waals surface area contributed by atoms with Crippen LogP contribution in [0, 0.1) is 0 Å². The van der Waals surface area contributed by atoms with Crippen LogP contribution in [0.4, 0.5) is 24.5 Å². The molecule has 1 aromatic carbocycles. The van der Waals surface area contributed by atoms with Gasteiger partial charge in [-0.2, -0.15) is 31.8 Å². The zero-order valence-corrected chi connectivity index (χ0v) is 17.2. The molecule has 1 atom stereocenters. The Labute approximate surface area is 182 Å². The number of amides is 2. The van der Waals surface area contributed by atoms with E-state index in [1.165, 1.54) is 52.4 Å². The molecule has 1 aliphatic rings. The van der Waals surface area contributed by atoms with Crippen molar-refractivity contribution in [1.29, 1.82) is 0 Å². The molecule has 1 aliphatic heterocycles. The summed E-state index contributed by atoms with van der Waals surface area (Å²) >= 11 is 0. The van der Waals surface area contributed by atoms with E-state index in [9.17, 15) is 22.8 Å². The highest BCUT2D eigenvalue weighted by Gasteiger charge is 2.35. The third kappa shape index (κ3) is 4.26. The number of nitrogens with zero attached hydrogens (tertiary/aromatic N) is 4. The summed E-state index contributed by atoms with van der Waals surface area (Å²) in [5.41, 5.74) is 0.292. The second-order valence-electron chi connectivity index (χ2n) is 6.85. The summed E-state index contributed by atoms with van der Waals surface area (Å²) in [6.07, 6.45) is -0.121. The number of fused-ring (bicyclic) bond motifs is 1. The van der Waals surface area contributed by atoms with Crippen molar-refractivity contribution < 1.29 is 22.8 Å². The van der Waals surface area contributed by atoms with Gasteiger partial charge in [0, 0.05) is 30.2 Å². The molecule has 11 heteroatoms. The van der Waals surface area contributed by atoms with Gasteiger partial charge in [-0.1, -0.05) is 0 Å². The predicted molar refractivity (Wildman–Crippen MR) is 113 cm³/mol. The van der Waals surface area contributed by atoms with Crippen LogP contribution in [0.3, 0.4) is 0 Å². The largest absolute Gasteiger partial charge is 0.416 e. The molecular weight excluding hydrogens is 431 g/mol. The lowest BCUT2D eigenvalue weighted by molar-refractivity contribution is -0.137. The van der Waals surface area contributed by atoms with Crippen molar-refractivity contribution in [2.75, 3.05) is 16.8 Å². The predicted octanol–water partition coefficient (Wildman–Crippen LogP) is 3.88. The lowest BCUT2D eigenvalue weighted by Gasteiger charge is -2.32. The molecule has 2 aromatic heterocycles. The van der Waals surface area contributed by atoms with E-state index in [0.29, 0.717) is 11.3 Å². The van der Waals surface area contributed by atoms with E-state index in [4.69, 9.17) is 0 Å². The minimum absolute atomic E-state index is 0. The third-order valence-electron chi connectivity index (χ3n) is 4.80. The van der Waals surface area contributed by atoms with Crippen molar-refractivity contribution in [3.05, 3.63) is 71.8 Å². The number of benzene rings is 1. The van der Waals surface area contributed by atoms with Crippen molar-refractivity contribution in [3.8, 4) is 0 Å². The highest BCUT2D eigenvalue weighted by molar-refractivity contribution is 7.59. The van der Waals surface area contributed by atoms with Crippen LogP contribution in [0.15, 0.2) is 55.0 Å². The topological polar surface area (TPSA) is 80.1 Å². The van der Waals surface area contributed by atoms with E-state index in [2.05, 4.69) is 15.4 Å². The first-order chi connectivity index (χ1) is 14.3. The van der Waals surface area contributed by atoms with Gasteiger partial charge in [0.25, 0.3) is 11.8 Å². The van der Waals surface area contributed by atoms with E-state index in [0.717, 1.165) is 12.1 Å². The van der Waals surface area contributed by atoms with Crippen LogP contribution in [0.1, 0.15) is 39.4 Å². The van der Waals surface area contributed by atoms with Crippen molar-refractivity contribution in [2.24, 2.45) is 0 Å². The number of nitrogens with one attached hydrogen (secondary N) is 1. The molecule has 0 fully saturated rings. The van der Waals surface area contributed by atoms with Crippen molar-refractivity contribution in [3.63, 3.8) is 0 Å². The van der Waals surface area contributed by atoms with Crippen LogP contribution < -0.4 is 10.2 Å². The van der Waals surface area contributed by atoms with Crippen LogP contribution in [0.25, 0.3) is 0 Å². The number of carbonyl (C=O) groups excluding carboxylic acids is 2. The molecule has 3 heterocycles. The minimum Gasteiger partial charge on any atom is -0.319 e. The quantitative estimate of drug-likeness (QED) is 0.658. The molecule has 0 unspecified atom stereocenters. The summed E-state index contributed by atoms with van der Waals surface area (Å²) < 4.78 is 40.0. The Bertz CT molecular complexity index is 1100. The number of alkyl halides is 3. The number of halogens is 3. The summed E-state index contributed by atoms with van der Waals surface area (Å²) in [6.45, 7) is 2.06. The highest BCUT2D eigenvalue weighted by Crippen LogP contribution is 2.33. The molecule has 3 aromatic rings. The van der Waals surface area contributed by atoms with Gasteiger partial charge in [0.15, 0.2) is 5.69 Å². The van der Waals surface area contributed by atoms with Crippen molar-refractivity contribution in [1.82, 2.24) is 14.8 Å². The van der Waals surface area contributed by atoms with Gasteiger partial charge in [0.05, 0.1) is 23.5 Å². The third-order valence-corrected chi connectivity index (χ3v) is 4.80. The maximum atomic E-state index is 13.1. The van der Waals surface area contributed by atoms with Crippen LogP contribution >= 0.6 is 13.5 Å². The van der Waals surface area contributed by atoms with E-state index < -0.39 is 23.6 Å². The van der Waals surface area contributed by atoms with Gasteiger partial charge in [-0.3, -0.25) is 19.3 Å². The van der Waals surface area contributed by atoms with Gasteiger partial charge in [0.1, 0.15) is 0 Å². The summed E-state index contributed by atoms with van der Waals surface area (Å²) in [5.74, 6) is -0.893. The van der Waals surface area contributed by atoms with Gasteiger partial charge in [-0.05, 0) is 43.3 Å². The second kappa shape index (κ2) is 8.42. The first-order valence-corrected chi connectivity index (χ1v) is 9.03. The standard InChI is InChI=1S/C20H16F3N5O2.H2S/c1-12-11-27(15-4-2-14(3-5-15)20(21,22)23)19(30)17-16(10-25-28(12)17)26-18(29)13-6-8-24-9-7-13;/h2-10,12H,11H2,1H3,(H,26,29);1H2/t12-;/m0./s1. The maximum absolute atomic E-state index is 13.1. The number of carbonyl (C=O) groups is 2. The SMILES string of the molecule is C[C@H]1CN(c2ccc(C(F)(F)F)cc2)C(=O)c2c(NC(=O)c3ccncc3)cnn21.S. The number of hydrogen-bond donors (Lipinski definition) is 1. The van der Waals surface area contributed by atoms with E-state index in [-0.39, 0.29) is 37.5 Å². The molecule has 31 heavy (non-hydrogen) atoms. The summed E-state index contributed by atoms with van der Waals surface area (Å²) in [7, 11) is 0. The normalized spacial score (nSPS) is 15.8. The number of rotatable bonds is 3. The maximum Gasteiger partial charge on any atom is 0.416 e. The summed E-state index contributed by atoms with van der Waals surface area (Å²) in [5, 5.41) is 6.87. The van der Waals surface area contributed by atoms with E-state index >= 15 is 0 Å². The highest BCUT2D eigenvalue weighted by atomic mass is 32.1. The molecule has 2 amide bonds. The zero-order valence-electron chi connectivity index (χ0n) is 16.2. The van der Waals surface area contributed by atoms with Gasteiger partial charge in [-0.25, -0.2) is 0 Å². The molecule has 0 radical (unpaired) electrons. The Kier molecular flexibility index (Phi) is 6.07. The van der Waals surface area contributed by atoms with Crippen LogP contribution in [-0.4, -0.2) is 33.1 Å². The molecular formula is C20H18F3N5O2S. The average molecular weight is 449 g/mol. The molecule has 4 rings (SSSR count). The molecule has 0 aliphatic carbocycles. The molecule has 162 valence electrons. The summed E-state index contributed by atoms with van der Waals surface area (Å²) in [6, 6.07) is 7.21. The van der Waals surface area contributed by atoms with Crippen LogP contribution in [0.2, 0.25) is 0 Å². The summed E-state index contributed by atoms with van der Waals surface area (Å²) in [4.78, 5) is 30.8. The fourth-order valence-corrected chi connectivity index (χ4v) is 3.30. The fraction of sp³-hybridized carbons (Fsp3) is 0.200. The first-order valence-electron chi connectivity index (χ1n) is 9.03. The first kappa shape index (κ1) is 22.3. The Hall–Kier alpha value is -3.34. The number of aromatic nitrogens is 3. The van der Waals surface area contributed by atoms with Crippen LogP contribution in [-0.2, 0) is 6.18 Å². The molecule has 0 saturated heterocycles. The Morgan fingerprint density at radius 2 is 1.77 bits per heavy atom. The minimum atomic E-state index is -4.46. The Morgan fingerprint density at radius 1 is 1.13 bits per heavy atom. The van der Waals surface area contributed by atoms with Gasteiger partial charge in [0.2, 0.25) is 0 Å². The molecule has 1 N–H and O–H groups in total. The zero-order chi connectivity index (χ0) is 21.5. The lowest BCUT2D eigenvalue weighted by Crippen LogP contribution is -2.43. The second-order valence-corrected chi connectivity index (χ2v) is 6.85. The molecule has 0 bridgehead atoms. The number of anilines is 2. The van der Waals surface area contributed by atoms with Crippen LogP contribution in [0.5, 0.6) is 0 Å². The van der Waals surface area contributed by atoms with E-state index in [1.807, 2.05) is 6.92 Å². The smallest absolute Gasteiger partial charge is 0.319 e. The number of pyridine rings is 1. The van der Waals surface area contributed by atoms with Crippen molar-refractivity contribution in [2.45, 2.75) is 19.1 Å². The number of hydrogen-bond acceptors (Lipinski definition) is 4. The average Bonchev–Trinajstić information content (AvgIpc) is 3.15.